The van der Waals surface area contributed by atoms with E-state index >= 15 is 0 Å². The molecule has 1 unspecified atom stereocenters. The average Bonchev–Trinajstić information content (AvgIpc) is 3.52. The van der Waals surface area contributed by atoms with Gasteiger partial charge in [0.1, 0.15) is 23.0 Å². The zero-order chi connectivity index (χ0) is 28.0. The number of H-pyrrole nitrogens is 2. The topological polar surface area (TPSA) is 125 Å². The number of anilines is 1. The molecule has 2 aliphatic rings. The van der Waals surface area contributed by atoms with Crippen LogP contribution in [0.3, 0.4) is 0 Å². The summed E-state index contributed by atoms with van der Waals surface area (Å²) in [4.78, 5) is 51.7. The Morgan fingerprint density at radius 1 is 1.15 bits per heavy atom. The van der Waals surface area contributed by atoms with Gasteiger partial charge in [0.05, 0.1) is 31.0 Å². The van der Waals surface area contributed by atoms with Crippen LogP contribution in [0.2, 0.25) is 0 Å². The molecule has 2 aliphatic heterocycles. The summed E-state index contributed by atoms with van der Waals surface area (Å²) in [7, 11) is 0. The number of carbonyl (C=O) groups excluding carboxylic acids is 2. The Labute approximate surface area is 226 Å². The highest BCUT2D eigenvalue weighted by Gasteiger charge is 2.28. The van der Waals surface area contributed by atoms with Crippen LogP contribution < -0.4 is 10.9 Å². The van der Waals surface area contributed by atoms with Crippen molar-refractivity contribution in [2.75, 3.05) is 38.2 Å². The van der Waals surface area contributed by atoms with Gasteiger partial charge in [0.2, 0.25) is 11.7 Å². The normalized spacial score (nSPS) is 17.2. The summed E-state index contributed by atoms with van der Waals surface area (Å²) in [6.07, 6.45) is 4.59. The number of amides is 1. The lowest BCUT2D eigenvalue weighted by Crippen LogP contribution is -2.42. The summed E-state index contributed by atoms with van der Waals surface area (Å²) in [6, 6.07) is 4.74. The molecule has 5 heterocycles. The van der Waals surface area contributed by atoms with Crippen LogP contribution in [0.15, 0.2) is 47.0 Å². The maximum atomic E-state index is 14.2. The van der Waals surface area contributed by atoms with E-state index in [0.29, 0.717) is 55.8 Å². The first kappa shape index (κ1) is 25.7. The van der Waals surface area contributed by atoms with Crippen molar-refractivity contribution in [2.24, 2.45) is 5.92 Å². The van der Waals surface area contributed by atoms with Gasteiger partial charge in [0, 0.05) is 54.5 Å². The summed E-state index contributed by atoms with van der Waals surface area (Å²) in [5.41, 5.74) is 0.319. The zero-order valence-corrected chi connectivity index (χ0v) is 21.6. The van der Waals surface area contributed by atoms with Crippen molar-refractivity contribution in [3.05, 3.63) is 86.9 Å². The molecule has 206 valence electrons. The molecule has 1 atom stereocenters. The third-order valence-electron chi connectivity index (χ3n) is 7.30. The number of nitrogens with one attached hydrogen (secondary N) is 3. The lowest BCUT2D eigenvalue weighted by molar-refractivity contribution is -0.131. The fourth-order valence-corrected chi connectivity index (χ4v) is 5.11. The molecule has 40 heavy (non-hydrogen) atoms. The van der Waals surface area contributed by atoms with Crippen molar-refractivity contribution in [3.8, 4) is 0 Å². The molecule has 10 nitrogen and oxygen atoms in total. The summed E-state index contributed by atoms with van der Waals surface area (Å²) in [5.74, 6) is -1.80. The molecule has 1 saturated heterocycles. The van der Waals surface area contributed by atoms with Crippen LogP contribution in [0.25, 0.3) is 17.0 Å². The van der Waals surface area contributed by atoms with Gasteiger partial charge in [-0.25, -0.2) is 13.8 Å². The molecule has 0 spiro atoms. The Kier molecular flexibility index (Phi) is 6.54. The van der Waals surface area contributed by atoms with E-state index in [1.807, 2.05) is 13.0 Å². The number of aromatic amines is 2. The number of rotatable bonds is 5. The molecule has 0 saturated carbocycles. The highest BCUT2D eigenvalue weighted by molar-refractivity contribution is 6.16. The van der Waals surface area contributed by atoms with Gasteiger partial charge in [-0.1, -0.05) is 13.0 Å². The molecule has 0 radical (unpaired) electrons. The number of morpholine rings is 1. The SMILES string of the molecule is CC1CNc2nc(Cn3ccc4c(C(=O)c5c(F)cccc5F)c[nH]c4c3=O)[nH]c2C=C1C(=O)N1CCOCC1. The number of nitrogens with zero attached hydrogens (tertiary/aromatic N) is 3. The van der Waals surface area contributed by atoms with Gasteiger partial charge >= 0.3 is 0 Å². The van der Waals surface area contributed by atoms with Crippen LogP contribution in [-0.4, -0.2) is 69.0 Å². The van der Waals surface area contributed by atoms with Gasteiger partial charge in [-0.3, -0.25) is 14.4 Å². The Morgan fingerprint density at radius 2 is 1.90 bits per heavy atom. The fraction of sp³-hybridized carbons (Fsp3) is 0.286. The molecular weight excluding hydrogens is 522 g/mol. The molecule has 1 amide bonds. The lowest BCUT2D eigenvalue weighted by Gasteiger charge is -2.29. The molecule has 0 bridgehead atoms. The predicted molar refractivity (Wildman–Crippen MR) is 143 cm³/mol. The minimum atomic E-state index is -0.975. The van der Waals surface area contributed by atoms with Crippen molar-refractivity contribution < 1.29 is 23.1 Å². The van der Waals surface area contributed by atoms with Crippen molar-refractivity contribution in [1.29, 1.82) is 0 Å². The van der Waals surface area contributed by atoms with E-state index in [9.17, 15) is 23.2 Å². The molecule has 1 fully saturated rings. The maximum absolute atomic E-state index is 14.2. The van der Waals surface area contributed by atoms with Crippen molar-refractivity contribution in [2.45, 2.75) is 13.5 Å². The predicted octanol–water partition coefficient (Wildman–Crippen LogP) is 2.91. The fourth-order valence-electron chi connectivity index (χ4n) is 5.11. The number of benzene rings is 1. The third kappa shape index (κ3) is 4.49. The van der Waals surface area contributed by atoms with Gasteiger partial charge in [-0.2, -0.15) is 0 Å². The largest absolute Gasteiger partial charge is 0.378 e. The molecule has 0 aliphatic carbocycles. The number of hydrogen-bond donors (Lipinski definition) is 3. The molecule has 1 aromatic carbocycles. The molecule has 4 aromatic rings. The molecule has 3 N–H and O–H groups in total. The van der Waals surface area contributed by atoms with Crippen LogP contribution in [0.4, 0.5) is 14.6 Å². The number of imidazole rings is 1. The number of hydrogen-bond acceptors (Lipinski definition) is 6. The maximum Gasteiger partial charge on any atom is 0.275 e. The first-order valence-electron chi connectivity index (χ1n) is 12.9. The van der Waals surface area contributed by atoms with Crippen molar-refractivity contribution in [1.82, 2.24) is 24.4 Å². The van der Waals surface area contributed by atoms with Crippen LogP contribution in [0, 0.1) is 17.6 Å². The second-order valence-corrected chi connectivity index (χ2v) is 9.90. The number of pyridine rings is 1. The summed E-state index contributed by atoms with van der Waals surface area (Å²) >= 11 is 0. The number of fused-ring (bicyclic) bond motifs is 2. The number of carbonyl (C=O) groups is 2. The standard InChI is InChI=1S/C28H26F2N6O4/c1-15-12-32-26-21(11-17(15)27(38)35-7-9-40-10-8-35)33-22(34-26)14-36-6-5-16-18(13-31-24(16)28(36)39)25(37)23-19(29)3-2-4-20(23)30/h2-6,11,13,15,31-32H,7-10,12,14H2,1H3,(H,33,34). The smallest absolute Gasteiger partial charge is 0.275 e. The summed E-state index contributed by atoms with van der Waals surface area (Å²) in [6.45, 7) is 4.71. The highest BCUT2D eigenvalue weighted by atomic mass is 19.1. The van der Waals surface area contributed by atoms with Gasteiger partial charge in [-0.05, 0) is 24.3 Å². The second-order valence-electron chi connectivity index (χ2n) is 9.90. The summed E-state index contributed by atoms with van der Waals surface area (Å²) < 4.78 is 35.2. The van der Waals surface area contributed by atoms with E-state index in [0.717, 1.165) is 12.1 Å². The Hall–Kier alpha value is -4.58. The quantitative estimate of drug-likeness (QED) is 0.330. The van der Waals surface area contributed by atoms with E-state index in [1.54, 1.807) is 11.0 Å². The molecule has 12 heteroatoms. The van der Waals surface area contributed by atoms with Gasteiger partial charge in [0.15, 0.2) is 5.82 Å². The number of aromatic nitrogens is 4. The van der Waals surface area contributed by atoms with Crippen LogP contribution in [0.1, 0.15) is 34.4 Å². The minimum Gasteiger partial charge on any atom is -0.378 e. The average molecular weight is 549 g/mol. The van der Waals surface area contributed by atoms with Crippen LogP contribution >= 0.6 is 0 Å². The minimum absolute atomic E-state index is 0.00566. The van der Waals surface area contributed by atoms with E-state index in [4.69, 9.17) is 4.74 Å². The van der Waals surface area contributed by atoms with E-state index < -0.39 is 28.5 Å². The number of halogens is 2. The van der Waals surface area contributed by atoms with Gasteiger partial charge in [-0.15, -0.1) is 0 Å². The molecule has 3 aromatic heterocycles. The Bertz CT molecular complexity index is 1710. The highest BCUT2D eigenvalue weighted by Crippen LogP contribution is 2.27. The van der Waals surface area contributed by atoms with E-state index in [1.165, 1.54) is 23.0 Å². The second kappa shape index (κ2) is 10.2. The third-order valence-corrected chi connectivity index (χ3v) is 7.30. The number of ketones is 1. The van der Waals surface area contributed by atoms with Crippen LogP contribution in [0.5, 0.6) is 0 Å². The van der Waals surface area contributed by atoms with Gasteiger partial charge in [0.25, 0.3) is 5.56 Å². The van der Waals surface area contributed by atoms with E-state index in [2.05, 4.69) is 20.3 Å². The first-order valence-corrected chi connectivity index (χ1v) is 12.9. The summed E-state index contributed by atoms with van der Waals surface area (Å²) in [5, 5.41) is 3.53. The monoisotopic (exact) mass is 548 g/mol. The van der Waals surface area contributed by atoms with Crippen molar-refractivity contribution >= 4 is 34.5 Å². The Morgan fingerprint density at radius 3 is 2.65 bits per heavy atom. The number of ether oxygens (including phenoxy) is 1. The molecule has 6 rings (SSSR count). The molecular formula is C28H26F2N6O4. The van der Waals surface area contributed by atoms with Crippen molar-refractivity contribution in [3.63, 3.8) is 0 Å². The lowest BCUT2D eigenvalue weighted by atomic mass is 9.99. The zero-order valence-electron chi connectivity index (χ0n) is 21.6. The Balaban J connectivity index is 1.28. The van der Waals surface area contributed by atoms with E-state index in [-0.39, 0.29) is 34.8 Å². The first-order chi connectivity index (χ1) is 19.3. The van der Waals surface area contributed by atoms with Gasteiger partial charge < -0.3 is 29.5 Å². The van der Waals surface area contributed by atoms with Crippen LogP contribution in [-0.2, 0) is 16.1 Å².